The number of fused-ring (bicyclic) bond motifs is 1. The maximum absolute atomic E-state index is 5.49. The van der Waals surface area contributed by atoms with E-state index < -0.39 is 0 Å². The molecular weight excluding hydrogens is 260 g/mol. The zero-order chi connectivity index (χ0) is 14.5. The largest absolute Gasteiger partial charge is 0.379 e. The van der Waals surface area contributed by atoms with Crippen LogP contribution in [-0.4, -0.2) is 32.3 Å². The molecule has 3 nitrogen and oxygen atoms in total. The highest BCUT2D eigenvalue weighted by Gasteiger charge is 2.13. The van der Waals surface area contributed by atoms with Gasteiger partial charge < -0.3 is 15.4 Å². The Kier molecular flexibility index (Phi) is 4.86. The molecule has 0 saturated carbocycles. The molecule has 0 aliphatic carbocycles. The van der Waals surface area contributed by atoms with E-state index in [9.17, 15) is 0 Å². The van der Waals surface area contributed by atoms with Crippen LogP contribution >= 0.6 is 0 Å². The maximum atomic E-state index is 5.49. The van der Waals surface area contributed by atoms with Gasteiger partial charge in [0, 0.05) is 18.6 Å². The second kappa shape index (κ2) is 7.03. The van der Waals surface area contributed by atoms with Crippen molar-refractivity contribution in [3.63, 3.8) is 0 Å². The van der Waals surface area contributed by atoms with E-state index in [1.54, 1.807) is 0 Å². The molecule has 0 radical (unpaired) electrons. The molecule has 0 bridgehead atoms. The van der Waals surface area contributed by atoms with Crippen LogP contribution in [0, 0.1) is 0 Å². The minimum atomic E-state index is 0.362. The fourth-order valence-electron chi connectivity index (χ4n) is 3.02. The van der Waals surface area contributed by atoms with Gasteiger partial charge in [-0.2, -0.15) is 0 Å². The lowest BCUT2D eigenvalue weighted by molar-refractivity contribution is 0.0740. The highest BCUT2D eigenvalue weighted by molar-refractivity contribution is 5.86. The molecule has 1 heterocycles. The van der Waals surface area contributed by atoms with E-state index in [-0.39, 0.29) is 0 Å². The van der Waals surface area contributed by atoms with Crippen molar-refractivity contribution in [1.82, 2.24) is 10.6 Å². The van der Waals surface area contributed by atoms with Gasteiger partial charge >= 0.3 is 0 Å². The molecule has 2 atom stereocenters. The first-order chi connectivity index (χ1) is 10.3. The van der Waals surface area contributed by atoms with Crippen LogP contribution < -0.4 is 10.6 Å². The van der Waals surface area contributed by atoms with Crippen LogP contribution in [0.25, 0.3) is 10.8 Å². The van der Waals surface area contributed by atoms with E-state index in [1.165, 1.54) is 16.3 Å². The van der Waals surface area contributed by atoms with Crippen LogP contribution in [0.4, 0.5) is 0 Å². The zero-order valence-electron chi connectivity index (χ0n) is 12.6. The molecular formula is C18H24N2O. The SMILES string of the molecule is C[C@@H](NCCC1COCCN1)c1cccc2ccccc12. The van der Waals surface area contributed by atoms with Crippen molar-refractivity contribution >= 4 is 10.8 Å². The molecule has 2 aromatic carbocycles. The monoisotopic (exact) mass is 284 g/mol. The quantitative estimate of drug-likeness (QED) is 0.886. The molecule has 2 aromatic rings. The molecule has 1 aliphatic heterocycles. The average Bonchev–Trinajstić information content (AvgIpc) is 2.55. The molecule has 1 fully saturated rings. The Bertz CT molecular complexity index is 573. The number of nitrogens with one attached hydrogen (secondary N) is 2. The lowest BCUT2D eigenvalue weighted by Crippen LogP contribution is -2.42. The second-order valence-corrected chi connectivity index (χ2v) is 5.76. The van der Waals surface area contributed by atoms with Gasteiger partial charge in [0.2, 0.25) is 0 Å². The summed E-state index contributed by atoms with van der Waals surface area (Å²) in [6, 6.07) is 16.0. The lowest BCUT2D eigenvalue weighted by atomic mass is 9.99. The van der Waals surface area contributed by atoms with Gasteiger partial charge in [0.05, 0.1) is 13.2 Å². The lowest BCUT2D eigenvalue weighted by Gasteiger charge is -2.25. The molecule has 112 valence electrons. The molecule has 1 unspecified atom stereocenters. The molecule has 3 heteroatoms. The Morgan fingerprint density at radius 1 is 1.24 bits per heavy atom. The number of hydrogen-bond donors (Lipinski definition) is 2. The summed E-state index contributed by atoms with van der Waals surface area (Å²) < 4.78 is 5.49. The topological polar surface area (TPSA) is 33.3 Å². The predicted octanol–water partition coefficient (Wildman–Crippen LogP) is 2.87. The minimum Gasteiger partial charge on any atom is -0.379 e. The number of ether oxygens (including phenoxy) is 1. The summed E-state index contributed by atoms with van der Waals surface area (Å²) in [4.78, 5) is 0. The van der Waals surface area contributed by atoms with Crippen LogP contribution in [0.1, 0.15) is 24.9 Å². The number of benzene rings is 2. The number of morpholine rings is 1. The molecule has 0 aromatic heterocycles. The van der Waals surface area contributed by atoms with E-state index in [0.717, 1.165) is 32.7 Å². The molecule has 0 amide bonds. The highest BCUT2D eigenvalue weighted by Crippen LogP contribution is 2.23. The Morgan fingerprint density at radius 3 is 2.95 bits per heavy atom. The Labute approximate surface area is 126 Å². The van der Waals surface area contributed by atoms with Crippen LogP contribution in [0.15, 0.2) is 42.5 Å². The van der Waals surface area contributed by atoms with Crippen LogP contribution in [-0.2, 0) is 4.74 Å². The second-order valence-electron chi connectivity index (χ2n) is 5.76. The summed E-state index contributed by atoms with van der Waals surface area (Å²) in [6.45, 7) is 5.90. The van der Waals surface area contributed by atoms with Gasteiger partial charge in [0.15, 0.2) is 0 Å². The highest BCUT2D eigenvalue weighted by atomic mass is 16.5. The first-order valence-corrected chi connectivity index (χ1v) is 7.87. The standard InChI is InChI=1S/C18H24N2O/c1-14(19-10-9-16-13-21-12-11-20-16)17-8-4-6-15-5-2-3-7-18(15)17/h2-8,14,16,19-20H,9-13H2,1H3/t14-,16?/m1/s1. The van der Waals surface area contributed by atoms with Crippen molar-refractivity contribution in [2.24, 2.45) is 0 Å². The average molecular weight is 284 g/mol. The van der Waals surface area contributed by atoms with Gasteiger partial charge in [-0.05, 0) is 36.2 Å². The van der Waals surface area contributed by atoms with Gasteiger partial charge in [-0.1, -0.05) is 42.5 Å². The summed E-state index contributed by atoms with van der Waals surface area (Å²) in [6.07, 6.45) is 1.11. The Morgan fingerprint density at radius 2 is 2.10 bits per heavy atom. The molecule has 0 spiro atoms. The van der Waals surface area contributed by atoms with E-state index in [1.807, 2.05) is 0 Å². The molecule has 1 saturated heterocycles. The van der Waals surface area contributed by atoms with Gasteiger partial charge in [-0.15, -0.1) is 0 Å². The van der Waals surface area contributed by atoms with Crippen LogP contribution in [0.2, 0.25) is 0 Å². The summed E-state index contributed by atoms with van der Waals surface area (Å²) in [5.74, 6) is 0. The van der Waals surface area contributed by atoms with Crippen molar-refractivity contribution in [3.8, 4) is 0 Å². The minimum absolute atomic E-state index is 0.362. The van der Waals surface area contributed by atoms with E-state index in [4.69, 9.17) is 4.74 Å². The van der Waals surface area contributed by atoms with E-state index >= 15 is 0 Å². The van der Waals surface area contributed by atoms with Gasteiger partial charge in [0.1, 0.15) is 0 Å². The summed E-state index contributed by atoms with van der Waals surface area (Å²) in [5.41, 5.74) is 1.38. The van der Waals surface area contributed by atoms with Crippen LogP contribution in [0.5, 0.6) is 0 Å². The van der Waals surface area contributed by atoms with Crippen molar-refractivity contribution in [2.45, 2.75) is 25.4 Å². The first-order valence-electron chi connectivity index (χ1n) is 7.87. The van der Waals surface area contributed by atoms with Crippen LogP contribution in [0.3, 0.4) is 0 Å². The van der Waals surface area contributed by atoms with Crippen molar-refractivity contribution in [1.29, 1.82) is 0 Å². The third kappa shape index (κ3) is 3.62. The first kappa shape index (κ1) is 14.5. The summed E-state index contributed by atoms with van der Waals surface area (Å²) >= 11 is 0. The maximum Gasteiger partial charge on any atom is 0.0620 e. The fourth-order valence-corrected chi connectivity index (χ4v) is 3.02. The molecule has 2 N–H and O–H groups in total. The van der Waals surface area contributed by atoms with Gasteiger partial charge in [-0.3, -0.25) is 0 Å². The number of rotatable bonds is 5. The van der Waals surface area contributed by atoms with E-state index in [0.29, 0.717) is 12.1 Å². The summed E-state index contributed by atoms with van der Waals surface area (Å²) in [5, 5.41) is 9.80. The van der Waals surface area contributed by atoms with Crippen molar-refractivity contribution < 1.29 is 4.74 Å². The molecule has 21 heavy (non-hydrogen) atoms. The summed E-state index contributed by atoms with van der Waals surface area (Å²) in [7, 11) is 0. The number of hydrogen-bond acceptors (Lipinski definition) is 3. The fraction of sp³-hybridized carbons (Fsp3) is 0.444. The van der Waals surface area contributed by atoms with Crippen molar-refractivity contribution in [2.75, 3.05) is 26.3 Å². The van der Waals surface area contributed by atoms with Crippen molar-refractivity contribution in [3.05, 3.63) is 48.0 Å². The predicted molar refractivity (Wildman–Crippen MR) is 87.6 cm³/mol. The third-order valence-corrected chi connectivity index (χ3v) is 4.23. The zero-order valence-corrected chi connectivity index (χ0v) is 12.6. The molecule has 1 aliphatic rings. The third-order valence-electron chi connectivity index (χ3n) is 4.23. The Balaban J connectivity index is 1.60. The molecule has 3 rings (SSSR count). The normalized spacial score (nSPS) is 20.5. The Hall–Kier alpha value is -1.42. The van der Waals surface area contributed by atoms with Gasteiger partial charge in [0.25, 0.3) is 0 Å². The smallest absolute Gasteiger partial charge is 0.0620 e. The van der Waals surface area contributed by atoms with Gasteiger partial charge in [-0.25, -0.2) is 0 Å². The van der Waals surface area contributed by atoms with E-state index in [2.05, 4.69) is 60.0 Å².